The molecule has 0 unspecified atom stereocenters. The van der Waals surface area contributed by atoms with E-state index >= 15 is 0 Å². The number of hydrogen-bond donors (Lipinski definition) is 1. The maximum atomic E-state index is 12.0. The van der Waals surface area contributed by atoms with Crippen LogP contribution in [0.1, 0.15) is 83.6 Å². The lowest BCUT2D eigenvalue weighted by Crippen LogP contribution is -2.61. The molecule has 2 saturated heterocycles. The zero-order valence-electron chi connectivity index (χ0n) is 21.1. The molecule has 2 aliphatic heterocycles. The van der Waals surface area contributed by atoms with E-state index in [1.54, 1.807) is 12.5 Å². The fraction of sp³-hybridized carbons (Fsp3) is 0.862. The standard InChI is InChI=1S/C29H43NO3S/c1-26-10-7-22(34-16-14-30-12-3-4-13-30)17-20(26)5-6-24-23(26)8-11-27(2)28(31,21-9-15-32-19-21)18-25-29(24,27)33-25/h9,15,19-20,22-25,31H,3-8,10-14,16-18H2,1-2H3/t20-,22+,23+,24-,25-,26+,27-,28+,29-/m1/s1. The minimum atomic E-state index is -0.810. The van der Waals surface area contributed by atoms with E-state index in [0.29, 0.717) is 11.3 Å². The Kier molecular flexibility index (Phi) is 5.18. The summed E-state index contributed by atoms with van der Waals surface area (Å²) < 4.78 is 12.1. The molecule has 1 spiro atoms. The lowest BCUT2D eigenvalue weighted by Gasteiger charge is -2.62. The predicted molar refractivity (Wildman–Crippen MR) is 136 cm³/mol. The molecule has 188 valence electrons. The van der Waals surface area contributed by atoms with Gasteiger partial charge in [0.1, 0.15) is 11.2 Å². The van der Waals surface area contributed by atoms with Crippen LogP contribution >= 0.6 is 11.8 Å². The lowest BCUT2D eigenvalue weighted by atomic mass is 9.43. The van der Waals surface area contributed by atoms with Gasteiger partial charge in [0.25, 0.3) is 0 Å². The van der Waals surface area contributed by atoms with Crippen LogP contribution in [0.25, 0.3) is 0 Å². The summed E-state index contributed by atoms with van der Waals surface area (Å²) in [6.45, 7) is 8.94. The van der Waals surface area contributed by atoms with Gasteiger partial charge in [0.05, 0.1) is 18.6 Å². The van der Waals surface area contributed by atoms with E-state index in [-0.39, 0.29) is 17.1 Å². The van der Waals surface area contributed by atoms with Gasteiger partial charge in [-0.05, 0) is 100 Å². The Bertz CT molecular complexity index is 916. The van der Waals surface area contributed by atoms with E-state index in [1.165, 1.54) is 76.8 Å². The molecule has 6 fully saturated rings. The largest absolute Gasteiger partial charge is 0.472 e. The zero-order chi connectivity index (χ0) is 23.2. The first kappa shape index (κ1) is 22.7. The van der Waals surface area contributed by atoms with Gasteiger partial charge in [0, 0.05) is 34.9 Å². The third-order valence-electron chi connectivity index (χ3n) is 12.1. The summed E-state index contributed by atoms with van der Waals surface area (Å²) >= 11 is 2.28. The number of epoxide rings is 1. The van der Waals surface area contributed by atoms with Gasteiger partial charge in [-0.3, -0.25) is 0 Å². The average Bonchev–Trinajstić information content (AvgIpc) is 3.26. The Morgan fingerprint density at radius 3 is 2.74 bits per heavy atom. The fourth-order valence-electron chi connectivity index (χ4n) is 10.1. The van der Waals surface area contributed by atoms with Crippen molar-refractivity contribution in [3.05, 3.63) is 24.2 Å². The van der Waals surface area contributed by atoms with Crippen molar-refractivity contribution in [2.45, 2.75) is 101 Å². The molecule has 0 amide bonds. The average molecular weight is 486 g/mol. The number of aliphatic hydroxyl groups is 1. The normalized spacial score (nSPS) is 52.0. The van der Waals surface area contributed by atoms with Gasteiger partial charge in [-0.1, -0.05) is 13.8 Å². The molecule has 1 aromatic rings. The van der Waals surface area contributed by atoms with Crippen molar-refractivity contribution in [3.63, 3.8) is 0 Å². The van der Waals surface area contributed by atoms with Crippen LogP contribution < -0.4 is 0 Å². The third-order valence-corrected chi connectivity index (χ3v) is 13.4. The van der Waals surface area contributed by atoms with E-state index in [0.717, 1.165) is 35.5 Å². The Morgan fingerprint density at radius 1 is 1.09 bits per heavy atom. The number of rotatable bonds is 5. The van der Waals surface area contributed by atoms with E-state index < -0.39 is 5.60 Å². The quantitative estimate of drug-likeness (QED) is 0.531. The Labute approximate surface area is 209 Å². The van der Waals surface area contributed by atoms with Crippen molar-refractivity contribution in [3.8, 4) is 0 Å². The first-order chi connectivity index (χ1) is 16.4. The molecule has 4 aliphatic carbocycles. The van der Waals surface area contributed by atoms with E-state index in [2.05, 4.69) is 30.5 Å². The number of ether oxygens (including phenoxy) is 1. The molecule has 5 heteroatoms. The smallest absolute Gasteiger partial charge is 0.106 e. The molecule has 4 saturated carbocycles. The van der Waals surface area contributed by atoms with Crippen LogP contribution in [0.2, 0.25) is 0 Å². The molecule has 34 heavy (non-hydrogen) atoms. The molecule has 0 bridgehead atoms. The highest BCUT2D eigenvalue weighted by Crippen LogP contribution is 2.79. The molecular weight excluding hydrogens is 442 g/mol. The van der Waals surface area contributed by atoms with E-state index in [4.69, 9.17) is 9.15 Å². The topological polar surface area (TPSA) is 49.1 Å². The zero-order valence-corrected chi connectivity index (χ0v) is 22.0. The van der Waals surface area contributed by atoms with Crippen molar-refractivity contribution in [1.82, 2.24) is 4.90 Å². The van der Waals surface area contributed by atoms with Gasteiger partial charge in [-0.15, -0.1) is 0 Å². The highest BCUT2D eigenvalue weighted by atomic mass is 32.2. The van der Waals surface area contributed by atoms with Crippen LogP contribution in [0.4, 0.5) is 0 Å². The van der Waals surface area contributed by atoms with Crippen molar-refractivity contribution in [2.75, 3.05) is 25.4 Å². The van der Waals surface area contributed by atoms with Crippen LogP contribution in [0, 0.1) is 28.6 Å². The fourth-order valence-corrected chi connectivity index (χ4v) is 11.5. The summed E-state index contributed by atoms with van der Waals surface area (Å²) in [7, 11) is 0. The molecule has 1 aromatic heterocycles. The van der Waals surface area contributed by atoms with Crippen molar-refractivity contribution >= 4 is 11.8 Å². The van der Waals surface area contributed by atoms with Crippen LogP contribution in [0.15, 0.2) is 23.0 Å². The van der Waals surface area contributed by atoms with Crippen molar-refractivity contribution in [2.24, 2.45) is 28.6 Å². The maximum absolute atomic E-state index is 12.0. The summed E-state index contributed by atoms with van der Waals surface area (Å²) in [5.41, 5.74) is 0.293. The molecule has 9 atom stereocenters. The number of fused-ring (bicyclic) bond motifs is 3. The van der Waals surface area contributed by atoms with Crippen molar-refractivity contribution < 1.29 is 14.3 Å². The van der Waals surface area contributed by atoms with Crippen LogP contribution in [0.3, 0.4) is 0 Å². The SMILES string of the molecule is C[C@]12CC[C@H](SCCN3CCCC3)C[C@H]1CC[C@@H]1[C@@H]2CC[C@@]2(C)[C@@]13O[C@@H]3C[C@]2(O)c1ccoc1. The molecular formula is C29H43NO3S. The van der Waals surface area contributed by atoms with E-state index in [1.807, 2.05) is 6.07 Å². The number of hydrogen-bond acceptors (Lipinski definition) is 5. The molecule has 0 aromatic carbocycles. The third kappa shape index (κ3) is 2.90. The molecule has 0 radical (unpaired) electrons. The first-order valence-corrected chi connectivity index (χ1v) is 15.2. The Balaban J connectivity index is 1.07. The molecule has 7 rings (SSSR count). The summed E-state index contributed by atoms with van der Waals surface area (Å²) in [5, 5.41) is 12.9. The predicted octanol–water partition coefficient (Wildman–Crippen LogP) is 5.84. The van der Waals surface area contributed by atoms with Crippen molar-refractivity contribution in [1.29, 1.82) is 0 Å². The summed E-state index contributed by atoms with van der Waals surface area (Å²) in [6.07, 6.45) is 16.5. The Hall–Kier alpha value is -0.490. The lowest BCUT2D eigenvalue weighted by molar-refractivity contribution is -0.189. The van der Waals surface area contributed by atoms with Gasteiger partial charge in [0.2, 0.25) is 0 Å². The van der Waals surface area contributed by atoms with Gasteiger partial charge >= 0.3 is 0 Å². The van der Waals surface area contributed by atoms with Gasteiger partial charge in [0.15, 0.2) is 0 Å². The number of thioether (sulfide) groups is 1. The highest BCUT2D eigenvalue weighted by Gasteiger charge is 2.84. The minimum Gasteiger partial charge on any atom is -0.472 e. The molecule has 6 aliphatic rings. The molecule has 1 N–H and O–H groups in total. The first-order valence-electron chi connectivity index (χ1n) is 14.2. The van der Waals surface area contributed by atoms with Crippen LogP contribution in [-0.4, -0.2) is 52.3 Å². The number of furan rings is 1. The second-order valence-electron chi connectivity index (χ2n) is 13.2. The molecule has 3 heterocycles. The number of nitrogens with zero attached hydrogens (tertiary/aromatic N) is 1. The monoisotopic (exact) mass is 485 g/mol. The number of likely N-dealkylation sites (tertiary alicyclic amines) is 1. The van der Waals surface area contributed by atoms with Gasteiger partial charge in [-0.25, -0.2) is 0 Å². The van der Waals surface area contributed by atoms with Crippen LogP contribution in [0.5, 0.6) is 0 Å². The van der Waals surface area contributed by atoms with Gasteiger partial charge < -0.3 is 19.2 Å². The Morgan fingerprint density at radius 2 is 1.94 bits per heavy atom. The summed E-state index contributed by atoms with van der Waals surface area (Å²) in [6, 6.07) is 1.98. The maximum Gasteiger partial charge on any atom is 0.106 e. The van der Waals surface area contributed by atoms with Crippen LogP contribution in [-0.2, 0) is 10.3 Å². The van der Waals surface area contributed by atoms with E-state index in [9.17, 15) is 5.11 Å². The second kappa shape index (κ2) is 7.76. The van der Waals surface area contributed by atoms with Gasteiger partial charge in [-0.2, -0.15) is 11.8 Å². The second-order valence-corrected chi connectivity index (χ2v) is 14.6. The molecule has 4 nitrogen and oxygen atoms in total. The summed E-state index contributed by atoms with van der Waals surface area (Å²) in [5.74, 6) is 3.56. The minimum absolute atomic E-state index is 0.114. The highest BCUT2D eigenvalue weighted by molar-refractivity contribution is 7.99. The summed E-state index contributed by atoms with van der Waals surface area (Å²) in [4.78, 5) is 2.67.